The molecular formula is C20H26BNO2. The lowest BCUT2D eigenvalue weighted by Gasteiger charge is -2.27. The van der Waals surface area contributed by atoms with Crippen LogP contribution in [0.25, 0.3) is 0 Å². The van der Waals surface area contributed by atoms with Gasteiger partial charge in [-0.05, 0) is 42.4 Å². The largest absolute Gasteiger partial charge is 0.426 e. The maximum Gasteiger partial charge on any atom is 0.361 e. The lowest BCUT2D eigenvalue weighted by atomic mass is 9.55. The molecule has 0 atom stereocenters. The van der Waals surface area contributed by atoms with Crippen LogP contribution in [0.1, 0.15) is 24.8 Å². The maximum absolute atomic E-state index is 9.23. The highest BCUT2D eigenvalue weighted by Gasteiger charge is 2.21. The molecule has 1 fully saturated rings. The highest BCUT2D eigenvalue weighted by molar-refractivity contribution is 6.80. The number of likely N-dealkylation sites (tertiary alicyclic amines) is 1. The Kier molecular flexibility index (Phi) is 6.47. The molecule has 1 N–H and O–H groups in total. The molecule has 0 spiro atoms. The van der Waals surface area contributed by atoms with E-state index >= 15 is 0 Å². The zero-order valence-electron chi connectivity index (χ0n) is 14.2. The predicted octanol–water partition coefficient (Wildman–Crippen LogP) is 1.79. The number of piperidine rings is 1. The molecule has 1 saturated heterocycles. The van der Waals surface area contributed by atoms with Gasteiger partial charge in [-0.3, -0.25) is 0 Å². The molecule has 2 aromatic carbocycles. The summed E-state index contributed by atoms with van der Waals surface area (Å²) in [6, 6.07) is 18.4. The summed E-state index contributed by atoms with van der Waals surface area (Å²) in [6.07, 6.45) is 3.98. The van der Waals surface area contributed by atoms with Crippen LogP contribution in [0.4, 0.5) is 0 Å². The van der Waals surface area contributed by atoms with Gasteiger partial charge in [0.05, 0.1) is 6.61 Å². The van der Waals surface area contributed by atoms with Gasteiger partial charge in [-0.15, -0.1) is 0 Å². The van der Waals surface area contributed by atoms with Gasteiger partial charge in [0, 0.05) is 13.2 Å². The van der Waals surface area contributed by atoms with Gasteiger partial charge in [0.25, 0.3) is 0 Å². The molecule has 24 heavy (non-hydrogen) atoms. The van der Waals surface area contributed by atoms with Crippen LogP contribution in [0.3, 0.4) is 0 Å². The number of rotatable bonds is 7. The van der Waals surface area contributed by atoms with Crippen LogP contribution in [0.5, 0.6) is 0 Å². The summed E-state index contributed by atoms with van der Waals surface area (Å²) in [4.78, 5) is 2.50. The van der Waals surface area contributed by atoms with E-state index in [1.807, 2.05) is 18.2 Å². The third kappa shape index (κ3) is 4.70. The van der Waals surface area contributed by atoms with E-state index in [-0.39, 0.29) is 13.5 Å². The van der Waals surface area contributed by atoms with E-state index in [4.69, 9.17) is 4.65 Å². The predicted molar refractivity (Wildman–Crippen MR) is 100 cm³/mol. The second-order valence-electron chi connectivity index (χ2n) is 6.46. The lowest BCUT2D eigenvalue weighted by molar-refractivity contribution is 0.186. The molecule has 1 aliphatic heterocycles. The van der Waals surface area contributed by atoms with E-state index in [9.17, 15) is 5.11 Å². The molecule has 0 amide bonds. The number of aliphatic hydroxyl groups excluding tert-OH is 1. The van der Waals surface area contributed by atoms with Gasteiger partial charge in [0.15, 0.2) is 0 Å². The van der Waals surface area contributed by atoms with Crippen molar-refractivity contribution in [1.82, 2.24) is 4.90 Å². The summed E-state index contributed by atoms with van der Waals surface area (Å²) in [7, 11) is 0. The van der Waals surface area contributed by atoms with Crippen molar-refractivity contribution in [2.75, 3.05) is 26.2 Å². The molecule has 0 bridgehead atoms. The zero-order valence-corrected chi connectivity index (χ0v) is 14.2. The van der Waals surface area contributed by atoms with Crippen molar-refractivity contribution in [3.8, 4) is 0 Å². The average Bonchev–Trinajstić information content (AvgIpc) is 2.67. The van der Waals surface area contributed by atoms with Crippen LogP contribution in [-0.2, 0) is 11.3 Å². The molecule has 0 radical (unpaired) electrons. The highest BCUT2D eigenvalue weighted by atomic mass is 16.4. The minimum atomic E-state index is -0.0521. The molecule has 1 aliphatic rings. The standard InChI is InChI=1S/C20H26BNO2/c23-17-18-9-11-20(12-10-18)21(19-7-3-1-4-8-19)24-16-15-22-13-5-2-6-14-22/h1,3-4,7-12,23H,2,5-6,13-17H2. The van der Waals surface area contributed by atoms with Gasteiger partial charge in [0.1, 0.15) is 0 Å². The van der Waals surface area contributed by atoms with Crippen LogP contribution in [0, 0.1) is 0 Å². The van der Waals surface area contributed by atoms with Gasteiger partial charge in [-0.2, -0.15) is 0 Å². The number of benzene rings is 2. The van der Waals surface area contributed by atoms with Gasteiger partial charge in [0.2, 0.25) is 0 Å². The molecule has 126 valence electrons. The summed E-state index contributed by atoms with van der Waals surface area (Å²) in [5.41, 5.74) is 3.24. The van der Waals surface area contributed by atoms with Crippen molar-refractivity contribution in [3.63, 3.8) is 0 Å². The summed E-state index contributed by atoms with van der Waals surface area (Å²) in [6.45, 7) is 4.16. The van der Waals surface area contributed by atoms with Crippen LogP contribution >= 0.6 is 0 Å². The summed E-state index contributed by atoms with van der Waals surface area (Å²) in [5.74, 6) is 0. The van der Waals surface area contributed by atoms with E-state index in [1.54, 1.807) is 0 Å². The van der Waals surface area contributed by atoms with Gasteiger partial charge >= 0.3 is 6.92 Å². The molecule has 0 aliphatic carbocycles. The van der Waals surface area contributed by atoms with E-state index in [0.29, 0.717) is 0 Å². The summed E-state index contributed by atoms with van der Waals surface area (Å²) in [5, 5.41) is 9.23. The van der Waals surface area contributed by atoms with Gasteiger partial charge in [-0.1, -0.05) is 61.0 Å². The Morgan fingerprint density at radius 2 is 1.54 bits per heavy atom. The second kappa shape index (κ2) is 9.02. The normalized spacial score (nSPS) is 15.4. The molecule has 0 saturated carbocycles. The highest BCUT2D eigenvalue weighted by Crippen LogP contribution is 2.08. The Hall–Kier alpha value is -1.62. The summed E-state index contributed by atoms with van der Waals surface area (Å²) >= 11 is 0. The molecule has 2 aromatic rings. The fourth-order valence-electron chi connectivity index (χ4n) is 3.29. The molecule has 0 unspecified atom stereocenters. The first-order valence-corrected chi connectivity index (χ1v) is 8.95. The number of aliphatic hydroxyl groups is 1. The fourth-order valence-corrected chi connectivity index (χ4v) is 3.29. The van der Waals surface area contributed by atoms with Crippen molar-refractivity contribution in [3.05, 3.63) is 60.2 Å². The van der Waals surface area contributed by atoms with E-state index in [0.717, 1.165) is 24.2 Å². The molecule has 3 rings (SSSR count). The van der Waals surface area contributed by atoms with Crippen LogP contribution < -0.4 is 10.9 Å². The first-order chi connectivity index (χ1) is 11.9. The van der Waals surface area contributed by atoms with E-state index in [1.165, 1.54) is 37.8 Å². The second-order valence-corrected chi connectivity index (χ2v) is 6.46. The topological polar surface area (TPSA) is 32.7 Å². The van der Waals surface area contributed by atoms with Gasteiger partial charge in [-0.25, -0.2) is 0 Å². The monoisotopic (exact) mass is 323 g/mol. The van der Waals surface area contributed by atoms with Crippen LogP contribution in [0.15, 0.2) is 54.6 Å². The average molecular weight is 323 g/mol. The number of nitrogens with zero attached hydrogens (tertiary/aromatic N) is 1. The fraction of sp³-hybridized carbons (Fsp3) is 0.400. The van der Waals surface area contributed by atoms with Crippen molar-refractivity contribution in [2.24, 2.45) is 0 Å². The van der Waals surface area contributed by atoms with E-state index < -0.39 is 0 Å². The van der Waals surface area contributed by atoms with Gasteiger partial charge < -0.3 is 14.7 Å². The number of hydrogen-bond acceptors (Lipinski definition) is 3. The van der Waals surface area contributed by atoms with Crippen LogP contribution in [-0.4, -0.2) is 43.2 Å². The SMILES string of the molecule is OCc1ccc(B(OCCN2CCCCC2)c2ccccc2)cc1. The lowest BCUT2D eigenvalue weighted by Crippen LogP contribution is -2.46. The third-order valence-electron chi connectivity index (χ3n) is 4.71. The quantitative estimate of drug-likeness (QED) is 0.789. The molecule has 0 aromatic heterocycles. The minimum Gasteiger partial charge on any atom is -0.426 e. The Morgan fingerprint density at radius 1 is 0.875 bits per heavy atom. The first-order valence-electron chi connectivity index (χ1n) is 8.95. The minimum absolute atomic E-state index is 0.0521. The maximum atomic E-state index is 9.23. The van der Waals surface area contributed by atoms with Crippen molar-refractivity contribution >= 4 is 17.8 Å². The Labute approximate surface area is 145 Å². The van der Waals surface area contributed by atoms with E-state index in [2.05, 4.69) is 41.3 Å². The first kappa shape index (κ1) is 17.2. The molecule has 1 heterocycles. The molecule has 4 heteroatoms. The zero-order chi connectivity index (χ0) is 16.6. The summed E-state index contributed by atoms with van der Waals surface area (Å²) < 4.78 is 6.29. The smallest absolute Gasteiger partial charge is 0.361 e. The number of hydrogen-bond donors (Lipinski definition) is 1. The third-order valence-corrected chi connectivity index (χ3v) is 4.71. The Morgan fingerprint density at radius 3 is 2.21 bits per heavy atom. The molecular weight excluding hydrogens is 297 g/mol. The van der Waals surface area contributed by atoms with Crippen molar-refractivity contribution in [2.45, 2.75) is 25.9 Å². The van der Waals surface area contributed by atoms with Crippen LogP contribution in [0.2, 0.25) is 0 Å². The molecule has 3 nitrogen and oxygen atoms in total. The van der Waals surface area contributed by atoms with Crippen molar-refractivity contribution < 1.29 is 9.76 Å². The Bertz CT molecular complexity index is 597. The Balaban J connectivity index is 1.67. The van der Waals surface area contributed by atoms with Crippen molar-refractivity contribution in [1.29, 1.82) is 0 Å².